The number of ether oxygens (including phenoxy) is 1. The van der Waals surface area contributed by atoms with Gasteiger partial charge in [0.25, 0.3) is 0 Å². The molecule has 0 aliphatic carbocycles. The Morgan fingerprint density at radius 2 is 2.14 bits per heavy atom. The minimum atomic E-state index is -0.742. The first-order valence-electron chi connectivity index (χ1n) is 4.33. The molecule has 3 N–H and O–H groups in total. The van der Waals surface area contributed by atoms with Gasteiger partial charge in [0.15, 0.2) is 0 Å². The van der Waals surface area contributed by atoms with Crippen LogP contribution in [0.3, 0.4) is 0 Å². The summed E-state index contributed by atoms with van der Waals surface area (Å²) in [5, 5.41) is 10.2. The Labute approximate surface area is 88.4 Å². The monoisotopic (exact) mass is 215 g/mol. The van der Waals surface area contributed by atoms with Gasteiger partial charge in [-0.25, -0.2) is 0 Å². The zero-order valence-corrected chi connectivity index (χ0v) is 8.95. The van der Waals surface area contributed by atoms with E-state index in [2.05, 4.69) is 0 Å². The zero-order chi connectivity index (χ0) is 10.7. The first-order valence-corrected chi connectivity index (χ1v) is 4.71. The molecule has 3 nitrogen and oxygen atoms in total. The molecule has 0 saturated heterocycles. The van der Waals surface area contributed by atoms with Gasteiger partial charge in [-0.05, 0) is 19.1 Å². The number of benzene rings is 1. The van der Waals surface area contributed by atoms with Crippen LogP contribution in [0.5, 0.6) is 5.75 Å². The highest BCUT2D eigenvalue weighted by Gasteiger charge is 2.15. The van der Waals surface area contributed by atoms with Crippen LogP contribution in [0.1, 0.15) is 18.6 Å². The van der Waals surface area contributed by atoms with Crippen molar-refractivity contribution in [3.05, 3.63) is 28.8 Å². The van der Waals surface area contributed by atoms with Gasteiger partial charge in [-0.2, -0.15) is 0 Å². The number of aliphatic hydroxyl groups excluding tert-OH is 1. The minimum absolute atomic E-state index is 0.346. The summed E-state index contributed by atoms with van der Waals surface area (Å²) in [6.45, 7) is 1.73. The number of nitrogens with two attached hydrogens (primary N) is 1. The van der Waals surface area contributed by atoms with E-state index < -0.39 is 6.10 Å². The number of rotatable bonds is 3. The van der Waals surface area contributed by atoms with E-state index in [4.69, 9.17) is 22.1 Å². The number of hydrogen-bond donors (Lipinski definition) is 2. The lowest BCUT2D eigenvalue weighted by atomic mass is 10.0. The van der Waals surface area contributed by atoms with Crippen molar-refractivity contribution in [3.63, 3.8) is 0 Å². The zero-order valence-electron chi connectivity index (χ0n) is 8.20. The molecule has 0 bridgehead atoms. The smallest absolute Gasteiger partial charge is 0.120 e. The SMILES string of the molecule is COc1ccc([C@@H](O)[C@H](C)N)c(Cl)c1. The van der Waals surface area contributed by atoms with Gasteiger partial charge in [0, 0.05) is 11.6 Å². The second-order valence-electron chi connectivity index (χ2n) is 3.19. The van der Waals surface area contributed by atoms with Gasteiger partial charge in [-0.15, -0.1) is 0 Å². The molecule has 0 aliphatic heterocycles. The molecule has 0 unspecified atom stereocenters. The third-order valence-electron chi connectivity index (χ3n) is 2.02. The quantitative estimate of drug-likeness (QED) is 0.808. The highest BCUT2D eigenvalue weighted by Crippen LogP contribution is 2.28. The van der Waals surface area contributed by atoms with E-state index in [0.717, 1.165) is 0 Å². The molecule has 1 aromatic carbocycles. The fourth-order valence-corrected chi connectivity index (χ4v) is 1.44. The molecule has 1 rings (SSSR count). The lowest BCUT2D eigenvalue weighted by molar-refractivity contribution is 0.153. The van der Waals surface area contributed by atoms with Crippen molar-refractivity contribution in [2.75, 3.05) is 7.11 Å². The average Bonchev–Trinajstić information content (AvgIpc) is 2.16. The van der Waals surface area contributed by atoms with Crippen LogP contribution >= 0.6 is 11.6 Å². The lowest BCUT2D eigenvalue weighted by Gasteiger charge is -2.16. The molecular formula is C10H14ClNO2. The maximum Gasteiger partial charge on any atom is 0.120 e. The first kappa shape index (κ1) is 11.3. The minimum Gasteiger partial charge on any atom is -0.497 e. The Morgan fingerprint density at radius 3 is 2.57 bits per heavy atom. The third kappa shape index (κ3) is 2.38. The molecule has 0 saturated carbocycles. The van der Waals surface area contributed by atoms with E-state index in [9.17, 15) is 5.11 Å². The van der Waals surface area contributed by atoms with Crippen molar-refractivity contribution in [3.8, 4) is 5.75 Å². The summed E-state index contributed by atoms with van der Waals surface area (Å²) in [6, 6.07) is 4.77. The van der Waals surface area contributed by atoms with Crippen LogP contribution in [0.2, 0.25) is 5.02 Å². The van der Waals surface area contributed by atoms with E-state index in [-0.39, 0.29) is 6.04 Å². The summed E-state index contributed by atoms with van der Waals surface area (Å²) in [4.78, 5) is 0. The molecule has 4 heteroatoms. The molecule has 14 heavy (non-hydrogen) atoms. The Balaban J connectivity index is 2.99. The third-order valence-corrected chi connectivity index (χ3v) is 2.35. The van der Waals surface area contributed by atoms with Gasteiger partial charge in [0.05, 0.1) is 18.2 Å². The molecule has 2 atom stereocenters. The van der Waals surface area contributed by atoms with Gasteiger partial charge in [0.2, 0.25) is 0 Å². The Hall–Kier alpha value is -0.770. The predicted octanol–water partition coefficient (Wildman–Crippen LogP) is 1.73. The normalized spacial score (nSPS) is 14.9. The number of aliphatic hydroxyl groups is 1. The van der Waals surface area contributed by atoms with Crippen LogP contribution in [-0.4, -0.2) is 18.3 Å². The van der Waals surface area contributed by atoms with Crippen molar-refractivity contribution in [2.24, 2.45) is 5.73 Å². The van der Waals surface area contributed by atoms with Crippen molar-refractivity contribution >= 4 is 11.6 Å². The molecule has 78 valence electrons. The van der Waals surface area contributed by atoms with E-state index >= 15 is 0 Å². The molecule has 1 aromatic rings. The molecule has 0 aromatic heterocycles. The summed E-state index contributed by atoms with van der Waals surface area (Å²) >= 11 is 5.95. The summed E-state index contributed by atoms with van der Waals surface area (Å²) in [7, 11) is 1.56. The van der Waals surface area contributed by atoms with Crippen molar-refractivity contribution in [1.29, 1.82) is 0 Å². The molecule has 0 spiro atoms. The van der Waals surface area contributed by atoms with Crippen molar-refractivity contribution in [2.45, 2.75) is 19.1 Å². The van der Waals surface area contributed by atoms with Crippen LogP contribution in [0.25, 0.3) is 0 Å². The van der Waals surface area contributed by atoms with E-state index in [1.165, 1.54) is 0 Å². The topological polar surface area (TPSA) is 55.5 Å². The van der Waals surface area contributed by atoms with Crippen molar-refractivity contribution < 1.29 is 9.84 Å². The van der Waals surface area contributed by atoms with Crippen LogP contribution in [0.15, 0.2) is 18.2 Å². The number of hydrogen-bond acceptors (Lipinski definition) is 3. The average molecular weight is 216 g/mol. The first-order chi connectivity index (χ1) is 6.56. The van der Waals surface area contributed by atoms with Crippen LogP contribution in [0, 0.1) is 0 Å². The number of methoxy groups -OCH3 is 1. The maximum absolute atomic E-state index is 9.69. The van der Waals surface area contributed by atoms with Crippen molar-refractivity contribution in [1.82, 2.24) is 0 Å². The standard InChI is InChI=1S/C10H14ClNO2/c1-6(12)10(13)8-4-3-7(14-2)5-9(8)11/h3-6,10,13H,12H2,1-2H3/t6-,10-/m0/s1. The van der Waals surface area contributed by atoms with Crippen LogP contribution < -0.4 is 10.5 Å². The highest BCUT2D eigenvalue weighted by atomic mass is 35.5. The fourth-order valence-electron chi connectivity index (χ4n) is 1.16. The molecular weight excluding hydrogens is 202 g/mol. The predicted molar refractivity (Wildman–Crippen MR) is 56.6 cm³/mol. The fraction of sp³-hybridized carbons (Fsp3) is 0.400. The molecule has 0 fully saturated rings. The van der Waals surface area contributed by atoms with Gasteiger partial charge >= 0.3 is 0 Å². The molecule has 0 radical (unpaired) electrons. The van der Waals surface area contributed by atoms with Crippen LogP contribution in [-0.2, 0) is 0 Å². The maximum atomic E-state index is 9.69. The number of halogens is 1. The van der Waals surface area contributed by atoms with E-state index in [1.807, 2.05) is 0 Å². The van der Waals surface area contributed by atoms with E-state index in [1.54, 1.807) is 32.2 Å². The van der Waals surface area contributed by atoms with Gasteiger partial charge in [-0.1, -0.05) is 17.7 Å². The summed E-state index contributed by atoms with van der Waals surface area (Å²) in [5.74, 6) is 0.663. The Morgan fingerprint density at radius 1 is 1.50 bits per heavy atom. The molecule has 0 amide bonds. The van der Waals surface area contributed by atoms with E-state index in [0.29, 0.717) is 16.3 Å². The summed E-state index contributed by atoms with van der Waals surface area (Å²) < 4.78 is 4.99. The summed E-state index contributed by atoms with van der Waals surface area (Å²) in [5.41, 5.74) is 6.19. The second-order valence-corrected chi connectivity index (χ2v) is 3.60. The van der Waals surface area contributed by atoms with Gasteiger partial charge in [-0.3, -0.25) is 0 Å². The molecule has 0 heterocycles. The van der Waals surface area contributed by atoms with Gasteiger partial charge in [0.1, 0.15) is 5.75 Å². The summed E-state index contributed by atoms with van der Waals surface area (Å²) in [6.07, 6.45) is -0.742. The molecule has 0 aliphatic rings. The lowest BCUT2D eigenvalue weighted by Crippen LogP contribution is -2.24. The highest BCUT2D eigenvalue weighted by molar-refractivity contribution is 6.31. The second kappa shape index (κ2) is 4.64. The van der Waals surface area contributed by atoms with Crippen LogP contribution in [0.4, 0.5) is 0 Å². The Bertz CT molecular complexity index is 315. The Kier molecular flexibility index (Phi) is 3.75. The van der Waals surface area contributed by atoms with Gasteiger partial charge < -0.3 is 15.6 Å². The largest absolute Gasteiger partial charge is 0.497 e.